The summed E-state index contributed by atoms with van der Waals surface area (Å²) in [7, 11) is -2.39. The van der Waals surface area contributed by atoms with Crippen LogP contribution in [0.2, 0.25) is 0 Å². The third-order valence-corrected chi connectivity index (χ3v) is 9.07. The normalized spacial score (nSPS) is 33.4. The molecule has 114 valence electrons. The molecule has 0 amide bonds. The third-order valence-electron chi connectivity index (χ3n) is 4.34. The van der Waals surface area contributed by atoms with Crippen molar-refractivity contribution in [2.45, 2.75) is 31.8 Å². The van der Waals surface area contributed by atoms with Gasteiger partial charge in [0.1, 0.15) is 4.08 Å². The van der Waals surface area contributed by atoms with E-state index >= 15 is 0 Å². The van der Waals surface area contributed by atoms with Crippen molar-refractivity contribution in [1.29, 1.82) is 5.26 Å². The minimum atomic E-state index is -1.19. The maximum atomic E-state index is 12.8. The highest BCUT2D eigenvalue weighted by atomic mass is 32.2. The Morgan fingerprint density at radius 1 is 1.14 bits per heavy atom. The van der Waals surface area contributed by atoms with Gasteiger partial charge in [-0.1, -0.05) is 32.9 Å². The number of rotatable bonds is 1. The van der Waals surface area contributed by atoms with E-state index in [0.29, 0.717) is 17.1 Å². The molecule has 1 aliphatic heterocycles. The second kappa shape index (κ2) is 5.66. The molecular formula is C16H21NO2S2. The lowest BCUT2D eigenvalue weighted by molar-refractivity contribution is 0.287. The summed E-state index contributed by atoms with van der Waals surface area (Å²) in [5.41, 5.74) is 1.37. The van der Waals surface area contributed by atoms with Crippen molar-refractivity contribution in [3.05, 3.63) is 35.4 Å². The quantitative estimate of drug-likeness (QED) is 0.798. The Hall–Kier alpha value is -0.990. The Morgan fingerprint density at radius 3 is 2.00 bits per heavy atom. The molecule has 5 heteroatoms. The molecule has 2 atom stereocenters. The molecule has 3 nitrogen and oxygen atoms in total. The Labute approximate surface area is 131 Å². The van der Waals surface area contributed by atoms with Crippen LogP contribution >= 0.6 is 0 Å². The number of nitriles is 1. The molecule has 1 aromatic rings. The summed E-state index contributed by atoms with van der Waals surface area (Å²) in [6.07, 6.45) is 0. The molecule has 2 rings (SSSR count). The molecule has 21 heavy (non-hydrogen) atoms. The molecule has 0 saturated carbocycles. The van der Waals surface area contributed by atoms with Crippen LogP contribution in [0.25, 0.3) is 0 Å². The van der Waals surface area contributed by atoms with E-state index in [-0.39, 0.29) is 11.3 Å². The highest BCUT2D eigenvalue weighted by Crippen LogP contribution is 2.42. The average Bonchev–Trinajstić information content (AvgIpc) is 2.43. The van der Waals surface area contributed by atoms with Crippen molar-refractivity contribution in [2.75, 3.05) is 11.5 Å². The van der Waals surface area contributed by atoms with Gasteiger partial charge in [-0.05, 0) is 36.0 Å². The average molecular weight is 323 g/mol. The van der Waals surface area contributed by atoms with E-state index in [1.807, 2.05) is 6.92 Å². The van der Waals surface area contributed by atoms with E-state index < -0.39 is 25.7 Å². The summed E-state index contributed by atoms with van der Waals surface area (Å²) in [5.74, 6) is 1.35. The van der Waals surface area contributed by atoms with E-state index in [1.165, 1.54) is 0 Å². The lowest BCUT2D eigenvalue weighted by Gasteiger charge is -2.40. The fourth-order valence-electron chi connectivity index (χ4n) is 2.45. The zero-order valence-corrected chi connectivity index (χ0v) is 14.5. The van der Waals surface area contributed by atoms with Gasteiger partial charge in [-0.2, -0.15) is 5.26 Å². The van der Waals surface area contributed by atoms with Crippen LogP contribution in [-0.2, 0) is 25.7 Å². The predicted molar refractivity (Wildman–Crippen MR) is 87.5 cm³/mol. The summed E-state index contributed by atoms with van der Waals surface area (Å²) in [6, 6.07) is 9.03. The largest absolute Gasteiger partial charge is 0.258 e. The summed E-state index contributed by atoms with van der Waals surface area (Å²) in [6.45, 7) is 8.14. The summed E-state index contributed by atoms with van der Waals surface area (Å²) in [5, 5.41) is 8.86. The van der Waals surface area contributed by atoms with Gasteiger partial charge >= 0.3 is 0 Å². The van der Waals surface area contributed by atoms with Crippen LogP contribution < -0.4 is 0 Å². The van der Waals surface area contributed by atoms with Crippen LogP contribution in [0.1, 0.15) is 38.8 Å². The van der Waals surface area contributed by atoms with E-state index in [4.69, 9.17) is 5.26 Å². The maximum Gasteiger partial charge on any atom is 0.142 e. The molecule has 0 aliphatic carbocycles. The summed E-state index contributed by atoms with van der Waals surface area (Å²) >= 11 is 0. The monoisotopic (exact) mass is 323 g/mol. The number of hydrogen-bond donors (Lipinski definition) is 0. The van der Waals surface area contributed by atoms with Gasteiger partial charge in [0.05, 0.1) is 11.6 Å². The Morgan fingerprint density at radius 2 is 1.62 bits per heavy atom. The van der Waals surface area contributed by atoms with Gasteiger partial charge in [0.25, 0.3) is 0 Å². The van der Waals surface area contributed by atoms with Crippen LogP contribution in [-0.4, -0.2) is 19.9 Å². The predicted octanol–water partition coefficient (Wildman–Crippen LogP) is 2.90. The molecule has 0 bridgehead atoms. The highest BCUT2D eigenvalue weighted by molar-refractivity contribution is 8.04. The van der Waals surface area contributed by atoms with Crippen LogP contribution in [0, 0.1) is 22.7 Å². The third kappa shape index (κ3) is 2.97. The molecular weight excluding hydrogens is 302 g/mol. The lowest BCUT2D eigenvalue weighted by atomic mass is 9.83. The SMILES string of the molecule is CC(C)(C)C1CS(=O)C(C)(c2ccc(C#N)cc2)S(=O)C1. The molecule has 2 unspecified atom stereocenters. The fourth-order valence-corrected chi connectivity index (χ4v) is 7.23. The Kier molecular flexibility index (Phi) is 4.41. The number of benzene rings is 1. The van der Waals surface area contributed by atoms with Crippen molar-refractivity contribution in [1.82, 2.24) is 0 Å². The lowest BCUT2D eigenvalue weighted by Crippen LogP contribution is -2.47. The standard InChI is InChI=1S/C16H21NO2S2/c1-15(2,3)14-10-20(18)16(4,21(19)11-14)13-7-5-12(9-17)6-8-13/h5-8,14H,10-11H2,1-4H3. The first-order chi connectivity index (χ1) is 9.69. The van der Waals surface area contributed by atoms with Crippen LogP contribution in [0.5, 0.6) is 0 Å². The van der Waals surface area contributed by atoms with Crippen molar-refractivity contribution in [3.63, 3.8) is 0 Å². The van der Waals surface area contributed by atoms with E-state index in [9.17, 15) is 8.42 Å². The van der Waals surface area contributed by atoms with Gasteiger partial charge in [0, 0.05) is 33.1 Å². The molecule has 1 fully saturated rings. The molecule has 0 N–H and O–H groups in total. The van der Waals surface area contributed by atoms with E-state index in [2.05, 4.69) is 26.8 Å². The number of nitrogens with zero attached hydrogens (tertiary/aromatic N) is 1. The van der Waals surface area contributed by atoms with Gasteiger partial charge in [0.15, 0.2) is 0 Å². The van der Waals surface area contributed by atoms with Crippen molar-refractivity contribution >= 4 is 21.6 Å². The van der Waals surface area contributed by atoms with Crippen molar-refractivity contribution < 1.29 is 8.42 Å². The van der Waals surface area contributed by atoms with Gasteiger partial charge < -0.3 is 0 Å². The Bertz CT molecular complexity index is 605. The first-order valence-corrected chi connectivity index (χ1v) is 9.61. The molecule has 0 spiro atoms. The van der Waals surface area contributed by atoms with Crippen LogP contribution in [0.4, 0.5) is 0 Å². The van der Waals surface area contributed by atoms with Gasteiger partial charge in [-0.15, -0.1) is 0 Å². The molecule has 1 aliphatic rings. The minimum Gasteiger partial charge on any atom is -0.258 e. The summed E-state index contributed by atoms with van der Waals surface area (Å²) in [4.78, 5) is 0. The minimum absolute atomic E-state index is 0.0112. The van der Waals surface area contributed by atoms with E-state index in [1.54, 1.807) is 24.3 Å². The molecule has 1 aromatic carbocycles. The van der Waals surface area contributed by atoms with E-state index in [0.717, 1.165) is 5.56 Å². The van der Waals surface area contributed by atoms with Gasteiger partial charge in [-0.25, -0.2) is 0 Å². The molecule has 1 saturated heterocycles. The first kappa shape index (κ1) is 16.4. The van der Waals surface area contributed by atoms with Crippen molar-refractivity contribution in [3.8, 4) is 6.07 Å². The second-order valence-electron chi connectivity index (χ2n) is 6.72. The second-order valence-corrected chi connectivity index (χ2v) is 10.7. The topological polar surface area (TPSA) is 57.9 Å². The van der Waals surface area contributed by atoms with Crippen molar-refractivity contribution in [2.24, 2.45) is 11.3 Å². The first-order valence-electron chi connectivity index (χ1n) is 6.97. The van der Waals surface area contributed by atoms with Crippen LogP contribution in [0.3, 0.4) is 0 Å². The molecule has 1 heterocycles. The molecule has 0 aromatic heterocycles. The van der Waals surface area contributed by atoms with Gasteiger partial charge in [-0.3, -0.25) is 8.42 Å². The molecule has 0 radical (unpaired) electrons. The Balaban J connectivity index is 2.37. The zero-order chi connectivity index (χ0) is 15.8. The maximum absolute atomic E-state index is 12.8. The highest BCUT2D eigenvalue weighted by Gasteiger charge is 2.47. The fraction of sp³-hybridized carbons (Fsp3) is 0.562. The van der Waals surface area contributed by atoms with Gasteiger partial charge in [0.2, 0.25) is 0 Å². The number of hydrogen-bond acceptors (Lipinski definition) is 3. The zero-order valence-electron chi connectivity index (χ0n) is 12.9. The smallest absolute Gasteiger partial charge is 0.142 e. The summed E-state index contributed by atoms with van der Waals surface area (Å²) < 4.78 is 24.7. The van der Waals surface area contributed by atoms with Crippen LogP contribution in [0.15, 0.2) is 24.3 Å².